The molecule has 0 rings (SSSR count). The Morgan fingerprint density at radius 2 is 1.12 bits per heavy atom. The van der Waals surface area contributed by atoms with E-state index in [4.69, 9.17) is 0 Å². The number of hydrogen-bond donors (Lipinski definition) is 1. The molecule has 0 amide bonds. The summed E-state index contributed by atoms with van der Waals surface area (Å²) in [6.45, 7) is 4.02. The topological polar surface area (TPSA) is 77.4 Å². The number of aliphatic hydroxyl groups excluding tert-OH is 1. The quantitative estimate of drug-likeness (QED) is 0.236. The van der Waals surface area contributed by atoms with Crippen LogP contribution in [0.15, 0.2) is 0 Å². The van der Waals surface area contributed by atoms with Gasteiger partial charge in [0.15, 0.2) is 0 Å². The molecular formula is C19H39NaO4S. The van der Waals surface area contributed by atoms with Crippen molar-refractivity contribution in [1.29, 1.82) is 0 Å². The summed E-state index contributed by atoms with van der Waals surface area (Å²) in [7, 11) is -4.12. The minimum absolute atomic E-state index is 0. The average molecular weight is 387 g/mol. The Labute approximate surface area is 178 Å². The first-order chi connectivity index (χ1) is 11.4. The Balaban J connectivity index is 0. The van der Waals surface area contributed by atoms with Crippen LogP contribution < -0.4 is 29.6 Å². The van der Waals surface area contributed by atoms with Crippen molar-refractivity contribution in [1.82, 2.24) is 0 Å². The van der Waals surface area contributed by atoms with Crippen LogP contribution in [-0.2, 0) is 10.1 Å². The van der Waals surface area contributed by atoms with E-state index in [-0.39, 0.29) is 35.7 Å². The molecule has 25 heavy (non-hydrogen) atoms. The third-order valence-corrected chi connectivity index (χ3v) is 5.99. The Hall–Kier alpha value is 0.870. The first kappa shape index (κ1) is 28.1. The van der Waals surface area contributed by atoms with Gasteiger partial charge in [0.2, 0.25) is 0 Å². The maximum atomic E-state index is 11.1. The average Bonchev–Trinajstić information content (AvgIpc) is 2.50. The van der Waals surface area contributed by atoms with Crippen LogP contribution in [-0.4, -0.2) is 29.4 Å². The van der Waals surface area contributed by atoms with Gasteiger partial charge < -0.3 is 9.66 Å². The van der Waals surface area contributed by atoms with Gasteiger partial charge >= 0.3 is 29.6 Å². The molecule has 0 heterocycles. The molecule has 0 saturated heterocycles. The summed E-state index contributed by atoms with van der Waals surface area (Å²) >= 11 is 0. The van der Waals surface area contributed by atoms with Crippen molar-refractivity contribution >= 4 is 10.1 Å². The van der Waals surface area contributed by atoms with E-state index in [1.54, 1.807) is 0 Å². The second-order valence-corrected chi connectivity index (χ2v) is 8.76. The molecule has 0 radical (unpaired) electrons. The van der Waals surface area contributed by atoms with E-state index in [2.05, 4.69) is 6.92 Å². The van der Waals surface area contributed by atoms with Crippen LogP contribution in [0.4, 0.5) is 0 Å². The van der Waals surface area contributed by atoms with Crippen LogP contribution in [0.2, 0.25) is 0 Å². The second kappa shape index (κ2) is 18.2. The van der Waals surface area contributed by atoms with Crippen LogP contribution in [0.5, 0.6) is 0 Å². The van der Waals surface area contributed by atoms with Crippen molar-refractivity contribution < 1.29 is 47.6 Å². The van der Waals surface area contributed by atoms with Crippen molar-refractivity contribution in [2.75, 3.05) is 0 Å². The van der Waals surface area contributed by atoms with Gasteiger partial charge in [0.25, 0.3) is 0 Å². The molecule has 0 saturated carbocycles. The summed E-state index contributed by atoms with van der Waals surface area (Å²) in [6, 6.07) is 0. The monoisotopic (exact) mass is 386 g/mol. The van der Waals surface area contributed by atoms with E-state index in [0.717, 1.165) is 51.4 Å². The maximum absolute atomic E-state index is 11.1. The van der Waals surface area contributed by atoms with Gasteiger partial charge in [0.05, 0.1) is 16.2 Å². The fraction of sp³-hybridized carbons (Fsp3) is 1.00. The SMILES string of the molecule is CCCC(O)CCCCCCCCCCCC(CCC)S(=O)(=O)[O-].[Na+]. The first-order valence-corrected chi connectivity index (χ1v) is 11.5. The third-order valence-electron chi connectivity index (χ3n) is 4.70. The smallest absolute Gasteiger partial charge is 0.748 e. The van der Waals surface area contributed by atoms with Gasteiger partial charge in [0, 0.05) is 5.25 Å². The van der Waals surface area contributed by atoms with Crippen LogP contribution >= 0.6 is 0 Å². The predicted molar refractivity (Wildman–Crippen MR) is 100 cm³/mol. The Kier molecular flexibility index (Phi) is 20.5. The fourth-order valence-corrected chi connectivity index (χ4v) is 4.20. The molecule has 6 heteroatoms. The van der Waals surface area contributed by atoms with Crippen molar-refractivity contribution in [3.05, 3.63) is 0 Å². The van der Waals surface area contributed by atoms with E-state index >= 15 is 0 Å². The molecule has 0 spiro atoms. The number of aliphatic hydroxyl groups is 1. The summed E-state index contributed by atoms with van der Waals surface area (Å²) in [5.74, 6) is 0. The number of unbranched alkanes of at least 4 members (excludes halogenated alkanes) is 8. The molecule has 0 bridgehead atoms. The molecule has 0 aromatic rings. The van der Waals surface area contributed by atoms with E-state index in [9.17, 15) is 18.1 Å². The minimum Gasteiger partial charge on any atom is -0.748 e. The third kappa shape index (κ3) is 18.0. The van der Waals surface area contributed by atoms with Crippen LogP contribution in [0.3, 0.4) is 0 Å². The normalized spacial score (nSPS) is 14.1. The molecule has 0 aromatic heterocycles. The molecule has 146 valence electrons. The Morgan fingerprint density at radius 3 is 1.52 bits per heavy atom. The molecule has 0 aliphatic rings. The zero-order valence-corrected chi connectivity index (χ0v) is 19.7. The molecule has 1 N–H and O–H groups in total. The van der Waals surface area contributed by atoms with Gasteiger partial charge in [0.1, 0.15) is 0 Å². The Morgan fingerprint density at radius 1 is 0.720 bits per heavy atom. The molecule has 2 atom stereocenters. The summed E-state index contributed by atoms with van der Waals surface area (Å²) in [6.07, 6.45) is 14.9. The molecule has 0 aliphatic carbocycles. The van der Waals surface area contributed by atoms with Crippen molar-refractivity contribution in [3.63, 3.8) is 0 Å². The molecule has 0 aliphatic heterocycles. The first-order valence-electron chi connectivity index (χ1n) is 10.0. The summed E-state index contributed by atoms with van der Waals surface area (Å²) in [4.78, 5) is 0. The maximum Gasteiger partial charge on any atom is 1.00 e. The molecule has 0 aromatic carbocycles. The van der Waals surface area contributed by atoms with E-state index in [1.165, 1.54) is 32.1 Å². The van der Waals surface area contributed by atoms with Crippen LogP contribution in [0, 0.1) is 0 Å². The van der Waals surface area contributed by atoms with Crippen molar-refractivity contribution in [2.24, 2.45) is 0 Å². The predicted octanol–water partition coefficient (Wildman–Crippen LogP) is 2.16. The summed E-state index contributed by atoms with van der Waals surface area (Å²) in [5.41, 5.74) is 0. The summed E-state index contributed by atoms with van der Waals surface area (Å²) < 4.78 is 33.4. The van der Waals surface area contributed by atoms with Gasteiger partial charge in [-0.25, -0.2) is 8.42 Å². The summed E-state index contributed by atoms with van der Waals surface area (Å²) in [5, 5.41) is 8.96. The van der Waals surface area contributed by atoms with E-state index < -0.39 is 15.4 Å². The Bertz CT molecular complexity index is 374. The van der Waals surface area contributed by atoms with E-state index in [1.807, 2.05) is 6.92 Å². The van der Waals surface area contributed by atoms with Gasteiger partial charge in [-0.05, 0) is 25.7 Å². The van der Waals surface area contributed by atoms with Gasteiger partial charge in [-0.1, -0.05) is 84.5 Å². The zero-order chi connectivity index (χ0) is 18.3. The largest absolute Gasteiger partial charge is 1.00 e. The van der Waals surface area contributed by atoms with E-state index in [0.29, 0.717) is 12.8 Å². The molecule has 4 nitrogen and oxygen atoms in total. The van der Waals surface area contributed by atoms with Crippen LogP contribution in [0.1, 0.15) is 110 Å². The van der Waals surface area contributed by atoms with Crippen LogP contribution in [0.25, 0.3) is 0 Å². The molecule has 2 unspecified atom stereocenters. The number of hydrogen-bond acceptors (Lipinski definition) is 4. The fourth-order valence-electron chi connectivity index (χ4n) is 3.22. The minimum atomic E-state index is -4.12. The second-order valence-electron chi connectivity index (χ2n) is 7.11. The van der Waals surface area contributed by atoms with Gasteiger partial charge in [-0.2, -0.15) is 0 Å². The van der Waals surface area contributed by atoms with Crippen molar-refractivity contribution in [3.8, 4) is 0 Å². The molecule has 0 fully saturated rings. The van der Waals surface area contributed by atoms with Gasteiger partial charge in [-0.15, -0.1) is 0 Å². The standard InChI is InChI=1S/C19H40O4S.Na/c1-3-14-18(20)16-12-10-8-6-5-7-9-11-13-17-19(15-4-2)24(21,22)23;/h18-20H,3-17H2,1-2H3,(H,21,22,23);/q;+1/p-1. The zero-order valence-electron chi connectivity index (χ0n) is 16.8. The van der Waals surface area contributed by atoms with Crippen molar-refractivity contribution in [2.45, 2.75) is 122 Å². The number of rotatable bonds is 17. The van der Waals surface area contributed by atoms with Gasteiger partial charge in [-0.3, -0.25) is 0 Å². The molecular weight excluding hydrogens is 347 g/mol.